The Labute approximate surface area is 276 Å². The molecule has 5 aromatic carbocycles. The zero-order valence-corrected chi connectivity index (χ0v) is 31.4. The van der Waals surface area contributed by atoms with Crippen molar-refractivity contribution in [2.24, 2.45) is 0 Å². The minimum absolute atomic E-state index is 0.514. The number of hydrogen-bond donors (Lipinski definition) is 0. The molecule has 0 fully saturated rings. The Bertz CT molecular complexity index is 1630. The van der Waals surface area contributed by atoms with E-state index in [1.165, 1.54) is 0 Å². The van der Waals surface area contributed by atoms with Crippen molar-refractivity contribution in [3.8, 4) is 11.5 Å². The van der Waals surface area contributed by atoms with Crippen LogP contribution in [0.4, 0.5) is 0 Å². The molecule has 0 amide bonds. The van der Waals surface area contributed by atoms with Gasteiger partial charge in [-0.05, 0) is 6.07 Å². The maximum absolute atomic E-state index is 16.0. The molecule has 46 heavy (non-hydrogen) atoms. The number of rotatable bonds is 12. The summed E-state index contributed by atoms with van der Waals surface area (Å²) in [4.78, 5) is 0. The van der Waals surface area contributed by atoms with Crippen LogP contribution in [0.5, 0.6) is 11.5 Å². The molecule has 0 aromatic heterocycles. The average molecular weight is 683 g/mol. The normalized spacial score (nSPS) is 12.5. The Morgan fingerprint density at radius 3 is 0.935 bits per heavy atom. The molecule has 5 aromatic rings. The summed E-state index contributed by atoms with van der Waals surface area (Å²) in [6, 6.07) is 42.1. The van der Waals surface area contributed by atoms with E-state index in [2.05, 4.69) is 39.3 Å². The molecule has 5 rings (SSSR count). The first kappa shape index (κ1) is 33.9. The van der Waals surface area contributed by atoms with Crippen LogP contribution in [0.2, 0.25) is 39.3 Å². The molecule has 238 valence electrons. The highest BCUT2D eigenvalue weighted by Crippen LogP contribution is 2.50. The number of hydrogen-bond acceptors (Lipinski definition) is 4. The lowest BCUT2D eigenvalue weighted by Crippen LogP contribution is -2.36. The lowest BCUT2D eigenvalue weighted by atomic mass is 10.3. The Morgan fingerprint density at radius 2 is 0.696 bits per heavy atom. The van der Waals surface area contributed by atoms with Crippen molar-refractivity contribution in [1.29, 1.82) is 0 Å². The van der Waals surface area contributed by atoms with Crippen LogP contribution < -0.4 is 41.3 Å². The van der Waals surface area contributed by atoms with E-state index in [1.807, 2.05) is 133 Å². The van der Waals surface area contributed by atoms with Gasteiger partial charge in [-0.15, -0.1) is 0 Å². The Morgan fingerprint density at radius 1 is 0.435 bits per heavy atom. The highest BCUT2D eigenvalue weighted by atomic mass is 31.2. The number of benzene rings is 5. The van der Waals surface area contributed by atoms with Crippen LogP contribution in [0.15, 0.2) is 133 Å². The minimum Gasteiger partial charge on any atom is -0.496 e. The molecule has 0 unspecified atom stereocenters. The van der Waals surface area contributed by atoms with Gasteiger partial charge < -0.3 is 18.6 Å². The summed E-state index contributed by atoms with van der Waals surface area (Å²) in [5.74, 6) is 1.03. The van der Waals surface area contributed by atoms with E-state index in [0.29, 0.717) is 55.8 Å². The van der Waals surface area contributed by atoms with E-state index >= 15 is 9.13 Å². The topological polar surface area (TPSA) is 52.6 Å². The van der Waals surface area contributed by atoms with Crippen molar-refractivity contribution in [3.05, 3.63) is 133 Å². The van der Waals surface area contributed by atoms with Gasteiger partial charge in [0.15, 0.2) is 14.3 Å². The molecule has 0 atom stereocenters. The second-order valence-electron chi connectivity index (χ2n) is 14.0. The molecule has 0 saturated carbocycles. The van der Waals surface area contributed by atoms with Gasteiger partial charge in [0.2, 0.25) is 0 Å². The summed E-state index contributed by atoms with van der Waals surface area (Å²) in [5, 5.41) is 3.83. The molecule has 0 spiro atoms. The van der Waals surface area contributed by atoms with Gasteiger partial charge in [0, 0.05) is 27.3 Å². The van der Waals surface area contributed by atoms with Gasteiger partial charge in [-0.25, -0.2) is 0 Å². The standard InChI is InChI=1S/C38H44O4P2Si2/c1-45(2,3)29-41-35-27-36(42-30-46(4,5)6)38(44(40,33-23-15-9-16-24-33)34-25-17-10-18-26-34)28-37(35)43(39,31-19-11-7-12-20-31)32-21-13-8-14-22-32/h7-28H,29-30H2,1-6H3. The fourth-order valence-corrected chi connectivity index (χ4v) is 12.1. The van der Waals surface area contributed by atoms with Crippen molar-refractivity contribution in [2.75, 3.05) is 12.5 Å². The van der Waals surface area contributed by atoms with Gasteiger partial charge >= 0.3 is 0 Å². The minimum atomic E-state index is -3.52. The van der Waals surface area contributed by atoms with Gasteiger partial charge in [0.25, 0.3) is 0 Å². The second kappa shape index (κ2) is 13.8. The maximum Gasteiger partial charge on any atom is 0.174 e. The fraction of sp³-hybridized carbons (Fsp3) is 0.211. The predicted molar refractivity (Wildman–Crippen MR) is 203 cm³/mol. The number of ether oxygens (including phenoxy) is 2. The van der Waals surface area contributed by atoms with E-state index < -0.39 is 30.4 Å². The fourth-order valence-electron chi connectivity index (χ4n) is 5.26. The van der Waals surface area contributed by atoms with Crippen molar-refractivity contribution in [3.63, 3.8) is 0 Å². The van der Waals surface area contributed by atoms with E-state index in [0.717, 1.165) is 0 Å². The van der Waals surface area contributed by atoms with Gasteiger partial charge in [0.05, 0.1) is 39.2 Å². The van der Waals surface area contributed by atoms with Crippen LogP contribution in [-0.4, -0.2) is 28.6 Å². The third-order valence-corrected chi connectivity index (χ3v) is 15.7. The zero-order chi connectivity index (χ0) is 33.0. The van der Waals surface area contributed by atoms with Crippen molar-refractivity contribution in [2.45, 2.75) is 39.3 Å². The molecule has 0 saturated heterocycles. The molecule has 4 nitrogen and oxygen atoms in total. The third kappa shape index (κ3) is 7.42. The van der Waals surface area contributed by atoms with Gasteiger partial charge in [-0.3, -0.25) is 0 Å². The van der Waals surface area contributed by atoms with Crippen LogP contribution in [0.25, 0.3) is 0 Å². The highest BCUT2D eigenvalue weighted by molar-refractivity contribution is 7.87. The summed E-state index contributed by atoms with van der Waals surface area (Å²) in [5.41, 5.74) is 0. The summed E-state index contributed by atoms with van der Waals surface area (Å²) in [7, 11) is -10.5. The first-order valence-corrected chi connectivity index (χ1v) is 26.5. The van der Waals surface area contributed by atoms with Crippen molar-refractivity contribution in [1.82, 2.24) is 0 Å². The summed E-state index contributed by atoms with van der Waals surface area (Å²) in [6.45, 7) is 13.5. The van der Waals surface area contributed by atoms with Crippen LogP contribution >= 0.6 is 14.3 Å². The largest absolute Gasteiger partial charge is 0.496 e. The molecule has 0 radical (unpaired) electrons. The predicted octanol–water partition coefficient (Wildman–Crippen LogP) is 7.48. The lowest BCUT2D eigenvalue weighted by Gasteiger charge is -2.29. The van der Waals surface area contributed by atoms with Crippen LogP contribution in [-0.2, 0) is 9.13 Å². The van der Waals surface area contributed by atoms with Crippen LogP contribution in [0, 0.1) is 0 Å². The van der Waals surface area contributed by atoms with Crippen molar-refractivity contribution < 1.29 is 18.6 Å². The Balaban J connectivity index is 1.91. The first-order valence-electron chi connectivity index (χ1n) is 15.7. The summed E-state index contributed by atoms with van der Waals surface area (Å²) < 4.78 is 45.3. The maximum atomic E-state index is 16.0. The average Bonchev–Trinajstić information content (AvgIpc) is 3.06. The van der Waals surface area contributed by atoms with E-state index in [9.17, 15) is 0 Å². The Kier molecular flexibility index (Phi) is 10.1. The van der Waals surface area contributed by atoms with Crippen LogP contribution in [0.3, 0.4) is 0 Å². The van der Waals surface area contributed by atoms with Gasteiger partial charge in [0.1, 0.15) is 11.5 Å². The summed E-state index contributed by atoms with van der Waals surface area (Å²) >= 11 is 0. The van der Waals surface area contributed by atoms with Crippen molar-refractivity contribution >= 4 is 62.3 Å². The zero-order valence-electron chi connectivity index (χ0n) is 27.6. The SMILES string of the molecule is C[Si](C)(C)COc1cc(OC[Si](C)(C)C)c(P(=O)(c2ccccc2)c2ccccc2)cc1P(=O)(c1ccccc1)c1ccccc1. The van der Waals surface area contributed by atoms with Gasteiger partial charge in [-0.2, -0.15) is 0 Å². The van der Waals surface area contributed by atoms with E-state index in [-0.39, 0.29) is 0 Å². The molecular weight excluding hydrogens is 639 g/mol. The monoisotopic (exact) mass is 682 g/mol. The first-order chi connectivity index (χ1) is 21.8. The van der Waals surface area contributed by atoms with E-state index in [4.69, 9.17) is 9.47 Å². The highest BCUT2D eigenvalue weighted by Gasteiger charge is 2.39. The molecule has 8 heteroatoms. The second-order valence-corrected chi connectivity index (χ2v) is 30.3. The Hall–Kier alpha value is -3.41. The third-order valence-electron chi connectivity index (χ3n) is 7.52. The van der Waals surface area contributed by atoms with Gasteiger partial charge in [-0.1, -0.05) is 161 Å². The van der Waals surface area contributed by atoms with E-state index in [1.54, 1.807) is 0 Å². The molecule has 0 aliphatic carbocycles. The molecule has 0 bridgehead atoms. The lowest BCUT2D eigenvalue weighted by molar-refractivity contribution is 0.363. The molecule has 0 aliphatic heterocycles. The molecular formula is C38H44O4P2Si2. The van der Waals surface area contributed by atoms with Crippen LogP contribution in [0.1, 0.15) is 0 Å². The summed E-state index contributed by atoms with van der Waals surface area (Å²) in [6.07, 6.45) is 1.07. The smallest absolute Gasteiger partial charge is 0.174 e. The quantitative estimate of drug-likeness (QED) is 0.101. The molecule has 0 N–H and O–H groups in total. The molecule has 0 heterocycles. The molecule has 0 aliphatic rings.